The van der Waals surface area contributed by atoms with Crippen LogP contribution in [0.3, 0.4) is 0 Å². The van der Waals surface area contributed by atoms with Gasteiger partial charge in [-0.2, -0.15) is 5.26 Å². The van der Waals surface area contributed by atoms with Gasteiger partial charge in [0.2, 0.25) is 0 Å². The van der Waals surface area contributed by atoms with Crippen LogP contribution in [0.25, 0.3) is 11.1 Å². The van der Waals surface area contributed by atoms with Crippen LogP contribution in [0.4, 0.5) is 0 Å². The van der Waals surface area contributed by atoms with Crippen molar-refractivity contribution in [3.05, 3.63) is 105 Å². The molecule has 6 rings (SSSR count). The Morgan fingerprint density at radius 2 is 1.77 bits per heavy atom. The smallest absolute Gasteiger partial charge is 0.153 e. The highest BCUT2D eigenvalue weighted by Crippen LogP contribution is 2.47. The molecular formula is C38H38ClN3O5. The molecule has 0 spiro atoms. The Balaban J connectivity index is 1.14. The van der Waals surface area contributed by atoms with Gasteiger partial charge in [-0.15, -0.1) is 0 Å². The summed E-state index contributed by atoms with van der Waals surface area (Å²) in [6, 6.07) is 19.3. The third kappa shape index (κ3) is 7.60. The van der Waals surface area contributed by atoms with Crippen molar-refractivity contribution in [3.63, 3.8) is 0 Å². The number of likely N-dealkylation sites (tertiary alicyclic amines) is 1. The van der Waals surface area contributed by atoms with Crippen molar-refractivity contribution in [1.82, 2.24) is 9.88 Å². The molecular weight excluding hydrogens is 614 g/mol. The summed E-state index contributed by atoms with van der Waals surface area (Å²) in [6.45, 7) is 7.94. The van der Waals surface area contributed by atoms with Crippen molar-refractivity contribution < 1.29 is 24.1 Å². The number of nitrogens with zero attached hydrogens (tertiary/aromatic N) is 3. The van der Waals surface area contributed by atoms with Crippen LogP contribution in [0.2, 0.25) is 5.02 Å². The Hall–Kier alpha value is -4.42. The lowest BCUT2D eigenvalue weighted by atomic mass is 9.93. The van der Waals surface area contributed by atoms with Gasteiger partial charge in [-0.05, 0) is 79.1 Å². The molecule has 0 radical (unpaired) electrons. The molecule has 0 bridgehead atoms. The highest BCUT2D eigenvalue weighted by molar-refractivity contribution is 6.32. The lowest BCUT2D eigenvalue weighted by Crippen LogP contribution is -2.32. The highest BCUT2D eigenvalue weighted by atomic mass is 35.5. The molecule has 4 aromatic rings. The van der Waals surface area contributed by atoms with Crippen molar-refractivity contribution in [1.29, 1.82) is 5.26 Å². The average molecular weight is 652 g/mol. The van der Waals surface area contributed by atoms with Crippen molar-refractivity contribution >= 4 is 17.9 Å². The maximum absolute atomic E-state index is 11.8. The van der Waals surface area contributed by atoms with E-state index in [9.17, 15) is 9.90 Å². The van der Waals surface area contributed by atoms with Gasteiger partial charge in [-0.3, -0.25) is 14.7 Å². The zero-order chi connectivity index (χ0) is 33.0. The lowest BCUT2D eigenvalue weighted by Gasteiger charge is -2.24. The first kappa shape index (κ1) is 32.5. The molecule has 47 heavy (non-hydrogen) atoms. The van der Waals surface area contributed by atoms with E-state index in [0.717, 1.165) is 72.5 Å². The number of carbonyl (C=O) groups excluding carboxylic acids is 1. The first-order chi connectivity index (χ1) is 22.8. The second-order valence-corrected chi connectivity index (χ2v) is 13.1. The minimum absolute atomic E-state index is 0.122. The van der Waals surface area contributed by atoms with Gasteiger partial charge in [0.25, 0.3) is 0 Å². The summed E-state index contributed by atoms with van der Waals surface area (Å²) >= 11 is 6.51. The number of hydrogen-bond acceptors (Lipinski definition) is 8. The van der Waals surface area contributed by atoms with Gasteiger partial charge in [0.05, 0.1) is 28.9 Å². The van der Waals surface area contributed by atoms with E-state index >= 15 is 0 Å². The van der Waals surface area contributed by atoms with Gasteiger partial charge in [0.15, 0.2) is 6.29 Å². The fraction of sp³-hybridized carbons (Fsp3) is 0.342. The molecule has 8 nitrogen and oxygen atoms in total. The topological polar surface area (TPSA) is 105 Å². The van der Waals surface area contributed by atoms with Crippen LogP contribution in [0.5, 0.6) is 17.2 Å². The third-order valence-corrected chi connectivity index (χ3v) is 9.51. The standard InChI is InChI=1S/C38H38ClN3O5/c1-25-29(22-46-37-15-36(30(20-43)14-34(37)39)45-21-28-13-27(16-40)17-41-18-28)5-3-6-32(25)33-7-4-8-35(26(33)2)47-24-38(10-11-38)23-42-12-9-31(44)19-42/h3-8,13-15,17-18,20,31,44H,9-12,19,21-24H2,1-2H3/t31-/m1/s1. The van der Waals surface area contributed by atoms with Gasteiger partial charge in [0.1, 0.15) is 36.5 Å². The van der Waals surface area contributed by atoms with E-state index in [0.29, 0.717) is 46.1 Å². The molecule has 1 aliphatic carbocycles. The Morgan fingerprint density at radius 3 is 2.49 bits per heavy atom. The molecule has 0 unspecified atom stereocenters. The molecule has 2 fully saturated rings. The number of β-amino-alcohol motifs (C(OH)–C–C–N with tert-alkyl or cyclic N) is 1. The number of nitriles is 1. The Labute approximate surface area is 280 Å². The fourth-order valence-electron chi connectivity index (χ4n) is 6.20. The third-order valence-electron chi connectivity index (χ3n) is 9.21. The van der Waals surface area contributed by atoms with E-state index < -0.39 is 0 Å². The number of aliphatic hydroxyl groups excluding tert-OH is 1. The molecule has 1 aromatic heterocycles. The van der Waals surface area contributed by atoms with Crippen LogP contribution in [0.15, 0.2) is 67.0 Å². The predicted octanol–water partition coefficient (Wildman–Crippen LogP) is 7.09. The molecule has 1 N–H and O–H groups in total. The summed E-state index contributed by atoms with van der Waals surface area (Å²) in [5, 5.41) is 19.4. The molecule has 1 atom stereocenters. The number of halogens is 1. The number of benzene rings is 3. The second kappa shape index (κ2) is 14.1. The van der Waals surface area contributed by atoms with Crippen molar-refractivity contribution in [2.75, 3.05) is 26.2 Å². The highest BCUT2D eigenvalue weighted by Gasteiger charge is 2.45. The Kier molecular flexibility index (Phi) is 9.79. The van der Waals surface area contributed by atoms with Gasteiger partial charge < -0.3 is 19.3 Å². The number of aliphatic hydroxyl groups is 1. The fourth-order valence-corrected chi connectivity index (χ4v) is 6.43. The van der Waals surface area contributed by atoms with E-state index in [1.54, 1.807) is 18.3 Å². The number of carbonyl (C=O) groups is 1. The van der Waals surface area contributed by atoms with E-state index in [1.165, 1.54) is 12.3 Å². The van der Waals surface area contributed by atoms with E-state index in [1.807, 2.05) is 24.3 Å². The van der Waals surface area contributed by atoms with Crippen LogP contribution in [-0.2, 0) is 13.2 Å². The van der Waals surface area contributed by atoms with Crippen molar-refractivity contribution in [2.24, 2.45) is 5.41 Å². The number of aromatic nitrogens is 1. The minimum Gasteiger partial charge on any atom is -0.493 e. The average Bonchev–Trinajstić information content (AvgIpc) is 3.73. The first-order valence-electron chi connectivity index (χ1n) is 15.9. The van der Waals surface area contributed by atoms with Gasteiger partial charge in [-0.25, -0.2) is 0 Å². The SMILES string of the molecule is Cc1c(COc2cc(OCc3cncc(C#N)c3)c(C=O)cc2Cl)cccc1-c1cccc(OCC2(CN3CC[C@@H](O)C3)CC2)c1C. The lowest BCUT2D eigenvalue weighted by molar-refractivity contribution is 0.111. The zero-order valence-electron chi connectivity index (χ0n) is 26.7. The Morgan fingerprint density at radius 1 is 1.00 bits per heavy atom. The summed E-state index contributed by atoms with van der Waals surface area (Å²) in [6.07, 6.45) is 6.74. The molecule has 1 saturated carbocycles. The quantitative estimate of drug-likeness (QED) is 0.153. The van der Waals surface area contributed by atoms with Crippen LogP contribution in [0, 0.1) is 30.6 Å². The molecule has 2 heterocycles. The van der Waals surface area contributed by atoms with Crippen molar-refractivity contribution in [3.8, 4) is 34.4 Å². The van der Waals surface area contributed by atoms with Crippen LogP contribution < -0.4 is 14.2 Å². The predicted molar refractivity (Wildman–Crippen MR) is 180 cm³/mol. The van der Waals surface area contributed by atoms with Crippen molar-refractivity contribution in [2.45, 2.75) is 52.4 Å². The Bertz CT molecular complexity index is 1820. The molecule has 2 aliphatic rings. The van der Waals surface area contributed by atoms with Crippen LogP contribution in [-0.4, -0.2) is 53.6 Å². The maximum Gasteiger partial charge on any atom is 0.153 e. The summed E-state index contributed by atoms with van der Waals surface area (Å²) < 4.78 is 18.6. The number of rotatable bonds is 13. The van der Waals surface area contributed by atoms with E-state index in [-0.39, 0.29) is 24.7 Å². The van der Waals surface area contributed by atoms with E-state index in [4.69, 9.17) is 31.1 Å². The number of ether oxygens (including phenoxy) is 3. The summed E-state index contributed by atoms with van der Waals surface area (Å²) in [5.41, 5.74) is 6.97. The summed E-state index contributed by atoms with van der Waals surface area (Å²) in [5.74, 6) is 1.61. The molecule has 1 aliphatic heterocycles. The van der Waals surface area contributed by atoms with Gasteiger partial charge >= 0.3 is 0 Å². The zero-order valence-corrected chi connectivity index (χ0v) is 27.4. The van der Waals surface area contributed by atoms with E-state index in [2.05, 4.69) is 41.9 Å². The minimum atomic E-state index is -0.204. The first-order valence-corrected chi connectivity index (χ1v) is 16.3. The molecule has 0 amide bonds. The number of pyridine rings is 1. The number of aldehydes is 1. The second-order valence-electron chi connectivity index (χ2n) is 12.7. The summed E-state index contributed by atoms with van der Waals surface area (Å²) in [7, 11) is 0. The van der Waals surface area contributed by atoms with Crippen LogP contribution >= 0.6 is 11.6 Å². The monoisotopic (exact) mass is 651 g/mol. The van der Waals surface area contributed by atoms with Crippen LogP contribution in [0.1, 0.15) is 57.4 Å². The number of hydrogen-bond donors (Lipinski definition) is 1. The molecule has 242 valence electrons. The molecule has 9 heteroatoms. The largest absolute Gasteiger partial charge is 0.493 e. The molecule has 1 saturated heterocycles. The molecule has 3 aromatic carbocycles. The summed E-state index contributed by atoms with van der Waals surface area (Å²) in [4.78, 5) is 18.2. The van der Waals surface area contributed by atoms with Gasteiger partial charge in [-0.1, -0.05) is 41.9 Å². The van der Waals surface area contributed by atoms with Gasteiger partial charge in [0, 0.05) is 49.1 Å². The normalized spacial score (nSPS) is 16.8. The maximum atomic E-state index is 11.8.